The molecule has 1 heterocycles. The van der Waals surface area contributed by atoms with Crippen molar-refractivity contribution in [3.8, 4) is 0 Å². The van der Waals surface area contributed by atoms with Gasteiger partial charge in [0.05, 0.1) is 16.6 Å². The first-order valence-corrected chi connectivity index (χ1v) is 7.61. The lowest BCUT2D eigenvalue weighted by molar-refractivity contribution is 0.0698. The van der Waals surface area contributed by atoms with Gasteiger partial charge in [0.25, 0.3) is 0 Å². The smallest absolute Gasteiger partial charge is 0.337 e. The van der Waals surface area contributed by atoms with E-state index in [-0.39, 0.29) is 11.3 Å². The van der Waals surface area contributed by atoms with Gasteiger partial charge < -0.3 is 10.1 Å². The molecule has 0 radical (unpaired) electrons. The first-order chi connectivity index (χ1) is 10.2. The van der Waals surface area contributed by atoms with Crippen molar-refractivity contribution >= 4 is 17.0 Å². The Morgan fingerprint density at radius 1 is 1.29 bits per heavy atom. The minimum Gasteiger partial charge on any atom is -0.478 e. The summed E-state index contributed by atoms with van der Waals surface area (Å²) in [4.78, 5) is 26.2. The Bertz CT molecular complexity index is 708. The minimum absolute atomic E-state index is 0.189. The predicted molar refractivity (Wildman–Crippen MR) is 80.7 cm³/mol. The summed E-state index contributed by atoms with van der Waals surface area (Å²) in [5.41, 5.74) is 1.10. The van der Waals surface area contributed by atoms with Gasteiger partial charge >= 0.3 is 11.7 Å². The Kier molecular flexibility index (Phi) is 3.82. The molecule has 1 aromatic heterocycles. The molecule has 1 aliphatic carbocycles. The van der Waals surface area contributed by atoms with Crippen LogP contribution in [0, 0.1) is 5.92 Å². The molecule has 1 saturated carbocycles. The Labute approximate surface area is 122 Å². The van der Waals surface area contributed by atoms with Crippen LogP contribution in [0.4, 0.5) is 0 Å². The Balaban J connectivity index is 1.91. The van der Waals surface area contributed by atoms with Crippen molar-refractivity contribution < 1.29 is 9.90 Å². The molecule has 5 nitrogen and oxygen atoms in total. The summed E-state index contributed by atoms with van der Waals surface area (Å²) < 4.78 is 1.59. The second kappa shape index (κ2) is 5.76. The third-order valence-electron chi connectivity index (χ3n) is 4.51. The molecular weight excluding hydrogens is 268 g/mol. The largest absolute Gasteiger partial charge is 0.478 e. The maximum absolute atomic E-state index is 12.1. The summed E-state index contributed by atoms with van der Waals surface area (Å²) in [7, 11) is 0. The lowest BCUT2D eigenvalue weighted by atomic mass is 9.87. The number of nitrogens with one attached hydrogen (secondary N) is 1. The van der Waals surface area contributed by atoms with E-state index in [1.165, 1.54) is 32.1 Å². The van der Waals surface area contributed by atoms with Gasteiger partial charge in [0.2, 0.25) is 0 Å². The van der Waals surface area contributed by atoms with E-state index in [0.717, 1.165) is 6.42 Å². The maximum atomic E-state index is 12.1. The van der Waals surface area contributed by atoms with Crippen molar-refractivity contribution in [2.45, 2.75) is 45.1 Å². The summed E-state index contributed by atoms with van der Waals surface area (Å²) >= 11 is 0. The zero-order chi connectivity index (χ0) is 14.8. The second-order valence-electron chi connectivity index (χ2n) is 5.88. The molecule has 0 amide bonds. The monoisotopic (exact) mass is 288 g/mol. The molecule has 1 aromatic carbocycles. The molecule has 112 valence electrons. The number of fused-ring (bicyclic) bond motifs is 1. The number of aromatic nitrogens is 2. The number of nitrogens with zero attached hydrogens (tertiary/aromatic N) is 1. The summed E-state index contributed by atoms with van der Waals surface area (Å²) in [5.74, 6) is -0.335. The fraction of sp³-hybridized carbons (Fsp3) is 0.500. The molecule has 0 unspecified atom stereocenters. The van der Waals surface area contributed by atoms with E-state index in [9.17, 15) is 14.7 Å². The van der Waals surface area contributed by atoms with Gasteiger partial charge in [0, 0.05) is 6.54 Å². The Morgan fingerprint density at radius 2 is 2.05 bits per heavy atom. The number of carboxylic acid groups (broad SMARTS) is 1. The fourth-order valence-corrected chi connectivity index (χ4v) is 3.39. The number of aryl methyl sites for hydroxylation is 1. The van der Waals surface area contributed by atoms with Gasteiger partial charge in [-0.05, 0) is 24.5 Å². The first kappa shape index (κ1) is 13.9. The van der Waals surface area contributed by atoms with E-state index in [1.54, 1.807) is 22.8 Å². The first-order valence-electron chi connectivity index (χ1n) is 7.61. The van der Waals surface area contributed by atoms with Crippen LogP contribution in [-0.4, -0.2) is 20.6 Å². The van der Waals surface area contributed by atoms with E-state index in [2.05, 4.69) is 4.98 Å². The van der Waals surface area contributed by atoms with Crippen molar-refractivity contribution in [3.63, 3.8) is 0 Å². The van der Waals surface area contributed by atoms with Crippen LogP contribution < -0.4 is 5.69 Å². The zero-order valence-electron chi connectivity index (χ0n) is 12.0. The molecular formula is C16H20N2O3. The topological polar surface area (TPSA) is 75.1 Å². The quantitative estimate of drug-likeness (QED) is 0.908. The van der Waals surface area contributed by atoms with E-state index in [0.29, 0.717) is 23.5 Å². The molecule has 2 aromatic rings. The maximum Gasteiger partial charge on any atom is 0.337 e. The molecule has 0 aliphatic heterocycles. The number of H-pyrrole nitrogens is 1. The van der Waals surface area contributed by atoms with Crippen molar-refractivity contribution in [2.24, 2.45) is 5.92 Å². The predicted octanol–water partition coefficient (Wildman–Crippen LogP) is 3.00. The molecule has 2 N–H and O–H groups in total. The van der Waals surface area contributed by atoms with Crippen molar-refractivity contribution in [3.05, 3.63) is 34.2 Å². The average Bonchev–Trinajstić information content (AvgIpc) is 2.81. The van der Waals surface area contributed by atoms with Crippen LogP contribution in [0.3, 0.4) is 0 Å². The molecule has 21 heavy (non-hydrogen) atoms. The standard InChI is InChI=1S/C16H20N2O3/c19-15(20)12-7-4-8-13-14(12)18(16(21)17-13)10-9-11-5-2-1-3-6-11/h4,7-8,11H,1-3,5-6,9-10H2,(H,17,21)(H,19,20). The molecule has 0 atom stereocenters. The molecule has 1 aliphatic rings. The number of imidazole rings is 1. The lowest BCUT2D eigenvalue weighted by Gasteiger charge is -2.21. The highest BCUT2D eigenvalue weighted by Gasteiger charge is 2.18. The minimum atomic E-state index is -0.994. The van der Waals surface area contributed by atoms with E-state index < -0.39 is 5.97 Å². The zero-order valence-corrected chi connectivity index (χ0v) is 12.0. The van der Waals surface area contributed by atoms with E-state index >= 15 is 0 Å². The van der Waals surface area contributed by atoms with Gasteiger partial charge in [-0.1, -0.05) is 38.2 Å². The lowest BCUT2D eigenvalue weighted by Crippen LogP contribution is -2.20. The van der Waals surface area contributed by atoms with Gasteiger partial charge in [-0.3, -0.25) is 4.57 Å². The van der Waals surface area contributed by atoms with Gasteiger partial charge in [-0.15, -0.1) is 0 Å². The van der Waals surface area contributed by atoms with Crippen molar-refractivity contribution in [1.82, 2.24) is 9.55 Å². The molecule has 5 heteroatoms. The normalized spacial score (nSPS) is 16.4. The second-order valence-corrected chi connectivity index (χ2v) is 5.88. The highest BCUT2D eigenvalue weighted by atomic mass is 16.4. The van der Waals surface area contributed by atoms with Crippen LogP contribution in [0.15, 0.2) is 23.0 Å². The van der Waals surface area contributed by atoms with Gasteiger partial charge in [0.15, 0.2) is 0 Å². The fourth-order valence-electron chi connectivity index (χ4n) is 3.39. The third kappa shape index (κ3) is 2.73. The van der Waals surface area contributed by atoms with Crippen LogP contribution in [0.1, 0.15) is 48.9 Å². The highest BCUT2D eigenvalue weighted by Crippen LogP contribution is 2.27. The number of carbonyl (C=O) groups is 1. The number of hydrogen-bond acceptors (Lipinski definition) is 2. The summed E-state index contributed by atoms with van der Waals surface area (Å²) in [5, 5.41) is 9.30. The summed E-state index contributed by atoms with van der Waals surface area (Å²) in [6, 6.07) is 4.96. The van der Waals surface area contributed by atoms with Crippen LogP contribution in [0.25, 0.3) is 11.0 Å². The number of rotatable bonds is 4. The van der Waals surface area contributed by atoms with Crippen LogP contribution in [-0.2, 0) is 6.54 Å². The van der Waals surface area contributed by atoms with Gasteiger partial charge in [0.1, 0.15) is 0 Å². The summed E-state index contributed by atoms with van der Waals surface area (Å²) in [6.45, 7) is 0.591. The Hall–Kier alpha value is -2.04. The van der Waals surface area contributed by atoms with Crippen LogP contribution in [0.2, 0.25) is 0 Å². The molecule has 0 bridgehead atoms. The van der Waals surface area contributed by atoms with Crippen LogP contribution >= 0.6 is 0 Å². The Morgan fingerprint density at radius 3 is 2.76 bits per heavy atom. The number of carboxylic acids is 1. The number of benzene rings is 1. The van der Waals surface area contributed by atoms with Gasteiger partial charge in [-0.2, -0.15) is 0 Å². The SMILES string of the molecule is O=C(O)c1cccc2[nH]c(=O)n(CCC3CCCCC3)c12. The molecule has 3 rings (SSSR count). The van der Waals surface area contributed by atoms with Crippen molar-refractivity contribution in [1.29, 1.82) is 0 Å². The number of aromatic carboxylic acids is 1. The number of hydrogen-bond donors (Lipinski definition) is 2. The highest BCUT2D eigenvalue weighted by molar-refractivity contribution is 6.01. The molecule has 1 fully saturated rings. The van der Waals surface area contributed by atoms with E-state index in [1.807, 2.05) is 0 Å². The van der Waals surface area contributed by atoms with Crippen molar-refractivity contribution in [2.75, 3.05) is 0 Å². The van der Waals surface area contributed by atoms with E-state index in [4.69, 9.17) is 0 Å². The summed E-state index contributed by atoms with van der Waals surface area (Å²) in [6.07, 6.45) is 7.25. The van der Waals surface area contributed by atoms with Gasteiger partial charge in [-0.25, -0.2) is 9.59 Å². The van der Waals surface area contributed by atoms with Crippen LogP contribution in [0.5, 0.6) is 0 Å². The molecule has 0 saturated heterocycles. The molecule has 0 spiro atoms. The number of para-hydroxylation sites is 1. The number of aromatic amines is 1. The average molecular weight is 288 g/mol. The third-order valence-corrected chi connectivity index (χ3v) is 4.51.